The maximum Gasteiger partial charge on any atom is 0.0576 e. The molecule has 0 radical (unpaired) electrons. The monoisotopic (exact) mass is 169 g/mol. The zero-order valence-corrected chi connectivity index (χ0v) is 8.46. The summed E-state index contributed by atoms with van der Waals surface area (Å²) in [5.74, 6) is 0.718. The molecule has 1 aromatic rings. The van der Waals surface area contributed by atoms with Gasteiger partial charge in [0, 0.05) is 4.88 Å². The normalized spacial score (nSPS) is 11.0. The summed E-state index contributed by atoms with van der Waals surface area (Å²) in [4.78, 5) is 1.36. The molecule has 0 bridgehead atoms. The summed E-state index contributed by atoms with van der Waals surface area (Å²) >= 11 is 1.62. The lowest BCUT2D eigenvalue weighted by atomic mass is 10.1. The van der Waals surface area contributed by atoms with Gasteiger partial charge in [0.2, 0.25) is 0 Å². The number of aromatic nitrogens is 1. The minimum atomic E-state index is 0.718. The van der Waals surface area contributed by atoms with Crippen LogP contribution < -0.4 is 0 Å². The largest absolute Gasteiger partial charge is 0.197 e. The highest BCUT2D eigenvalue weighted by Gasteiger charge is 2.06. The fraction of sp³-hybridized carbons (Fsp3) is 0.667. The number of rotatable bonds is 2. The molecule has 0 aliphatic rings. The molecule has 0 spiro atoms. The van der Waals surface area contributed by atoms with Crippen LogP contribution >= 0.6 is 11.5 Å². The van der Waals surface area contributed by atoms with Crippen LogP contribution in [0, 0.1) is 19.8 Å². The van der Waals surface area contributed by atoms with Crippen LogP contribution in [-0.4, -0.2) is 4.37 Å². The van der Waals surface area contributed by atoms with Gasteiger partial charge in [-0.2, -0.15) is 4.37 Å². The molecule has 1 nitrogen and oxygen atoms in total. The van der Waals surface area contributed by atoms with Gasteiger partial charge in [-0.15, -0.1) is 0 Å². The molecule has 0 aliphatic heterocycles. The first-order chi connectivity index (χ1) is 5.11. The highest BCUT2D eigenvalue weighted by molar-refractivity contribution is 7.05. The van der Waals surface area contributed by atoms with E-state index in [0.717, 1.165) is 12.3 Å². The van der Waals surface area contributed by atoms with E-state index >= 15 is 0 Å². The van der Waals surface area contributed by atoms with Crippen LogP contribution in [0.2, 0.25) is 0 Å². The summed E-state index contributed by atoms with van der Waals surface area (Å²) in [5.41, 5.74) is 2.69. The van der Waals surface area contributed by atoms with Crippen LogP contribution in [0.5, 0.6) is 0 Å². The van der Waals surface area contributed by atoms with Crippen LogP contribution in [-0.2, 0) is 6.42 Å². The van der Waals surface area contributed by atoms with Crippen molar-refractivity contribution < 1.29 is 0 Å². The summed E-state index contributed by atoms with van der Waals surface area (Å²) in [5, 5.41) is 0. The van der Waals surface area contributed by atoms with Crippen molar-refractivity contribution in [1.29, 1.82) is 0 Å². The summed E-state index contributed by atoms with van der Waals surface area (Å²) in [6.07, 6.45) is 1.12. The Kier molecular flexibility index (Phi) is 2.66. The number of hydrogen-bond acceptors (Lipinski definition) is 2. The molecule has 2 heteroatoms. The first-order valence-electron chi connectivity index (χ1n) is 4.03. The van der Waals surface area contributed by atoms with Gasteiger partial charge < -0.3 is 0 Å². The van der Waals surface area contributed by atoms with Gasteiger partial charge in [0.25, 0.3) is 0 Å². The Balaban J connectivity index is 2.79. The molecule has 0 aromatic carbocycles. The van der Waals surface area contributed by atoms with Crippen molar-refractivity contribution in [2.75, 3.05) is 0 Å². The van der Waals surface area contributed by atoms with E-state index < -0.39 is 0 Å². The van der Waals surface area contributed by atoms with Crippen LogP contribution in [0.25, 0.3) is 0 Å². The predicted molar refractivity (Wildman–Crippen MR) is 50.1 cm³/mol. The van der Waals surface area contributed by atoms with Gasteiger partial charge in [-0.25, -0.2) is 0 Å². The van der Waals surface area contributed by atoms with Gasteiger partial charge in [0.1, 0.15) is 0 Å². The molecule has 1 aromatic heterocycles. The predicted octanol–water partition coefficient (Wildman–Crippen LogP) is 2.96. The minimum Gasteiger partial charge on any atom is -0.197 e. The maximum absolute atomic E-state index is 4.40. The van der Waals surface area contributed by atoms with Crippen molar-refractivity contribution in [3.8, 4) is 0 Å². The molecule has 0 N–H and O–H groups in total. The Morgan fingerprint density at radius 2 is 2.00 bits per heavy atom. The molecule has 0 amide bonds. The fourth-order valence-corrected chi connectivity index (χ4v) is 1.75. The van der Waals surface area contributed by atoms with Crippen LogP contribution in [0.3, 0.4) is 0 Å². The minimum absolute atomic E-state index is 0.718. The number of aryl methyl sites for hydroxylation is 1. The third-order valence-electron chi connectivity index (χ3n) is 1.86. The van der Waals surface area contributed by atoms with Crippen LogP contribution in [0.1, 0.15) is 30.0 Å². The lowest BCUT2D eigenvalue weighted by Gasteiger charge is -2.01. The number of nitrogens with zero attached hydrogens (tertiary/aromatic N) is 1. The molecule has 0 saturated carbocycles. The average Bonchev–Trinajstić information content (AvgIpc) is 2.18. The van der Waals surface area contributed by atoms with E-state index in [1.54, 1.807) is 11.5 Å². The quantitative estimate of drug-likeness (QED) is 0.663. The summed E-state index contributed by atoms with van der Waals surface area (Å²) < 4.78 is 4.40. The Labute approximate surface area is 72.6 Å². The molecule has 11 heavy (non-hydrogen) atoms. The molecule has 0 unspecified atom stereocenters. The lowest BCUT2D eigenvalue weighted by molar-refractivity contribution is 0.637. The van der Waals surface area contributed by atoms with E-state index in [1.807, 2.05) is 0 Å². The molecule has 62 valence electrons. The van der Waals surface area contributed by atoms with Gasteiger partial charge >= 0.3 is 0 Å². The highest BCUT2D eigenvalue weighted by Crippen LogP contribution is 2.18. The summed E-state index contributed by atoms with van der Waals surface area (Å²) in [6, 6.07) is 0. The van der Waals surface area contributed by atoms with Gasteiger partial charge in [-0.05, 0) is 43.3 Å². The Morgan fingerprint density at radius 1 is 1.36 bits per heavy atom. The van der Waals surface area contributed by atoms with Crippen molar-refractivity contribution in [3.63, 3.8) is 0 Å². The molecule has 0 fully saturated rings. The number of hydrogen-bond donors (Lipinski definition) is 0. The topological polar surface area (TPSA) is 12.9 Å². The first kappa shape index (κ1) is 8.72. The van der Waals surface area contributed by atoms with Gasteiger partial charge in [-0.3, -0.25) is 0 Å². The smallest absolute Gasteiger partial charge is 0.0576 e. The van der Waals surface area contributed by atoms with Crippen molar-refractivity contribution >= 4 is 11.5 Å². The molecule has 0 saturated heterocycles. The molecule has 1 rings (SSSR count). The van der Waals surface area contributed by atoms with E-state index in [9.17, 15) is 0 Å². The van der Waals surface area contributed by atoms with E-state index in [1.165, 1.54) is 16.1 Å². The van der Waals surface area contributed by atoms with Crippen LogP contribution in [0.15, 0.2) is 0 Å². The second-order valence-electron chi connectivity index (χ2n) is 3.41. The van der Waals surface area contributed by atoms with E-state index in [4.69, 9.17) is 0 Å². The Hall–Kier alpha value is -0.370. The zero-order chi connectivity index (χ0) is 8.43. The first-order valence-corrected chi connectivity index (χ1v) is 4.80. The molecule has 1 heterocycles. The third-order valence-corrected chi connectivity index (χ3v) is 2.75. The van der Waals surface area contributed by atoms with Crippen molar-refractivity contribution in [2.24, 2.45) is 5.92 Å². The standard InChI is InChI=1S/C9H15NS/c1-6(2)5-9-7(3)8(4)11-10-9/h6H,5H2,1-4H3. The van der Waals surface area contributed by atoms with Crippen LogP contribution in [0.4, 0.5) is 0 Å². The second-order valence-corrected chi connectivity index (χ2v) is 4.39. The Bertz CT molecular complexity index is 238. The fourth-order valence-electron chi connectivity index (χ4n) is 1.04. The highest BCUT2D eigenvalue weighted by atomic mass is 32.1. The van der Waals surface area contributed by atoms with Gasteiger partial charge in [0.05, 0.1) is 5.69 Å². The molecule has 0 aliphatic carbocycles. The van der Waals surface area contributed by atoms with E-state index in [0.29, 0.717) is 0 Å². The third kappa shape index (κ3) is 2.03. The zero-order valence-electron chi connectivity index (χ0n) is 7.64. The summed E-state index contributed by atoms with van der Waals surface area (Å²) in [6.45, 7) is 8.76. The summed E-state index contributed by atoms with van der Waals surface area (Å²) in [7, 11) is 0. The van der Waals surface area contributed by atoms with Crippen molar-refractivity contribution in [1.82, 2.24) is 4.37 Å². The van der Waals surface area contributed by atoms with Gasteiger partial charge in [-0.1, -0.05) is 13.8 Å². The average molecular weight is 169 g/mol. The molecule has 0 atom stereocenters. The lowest BCUT2D eigenvalue weighted by Crippen LogP contribution is -1.95. The second kappa shape index (κ2) is 3.35. The Morgan fingerprint density at radius 3 is 2.36 bits per heavy atom. The SMILES string of the molecule is Cc1snc(CC(C)C)c1C. The van der Waals surface area contributed by atoms with Gasteiger partial charge in [0.15, 0.2) is 0 Å². The molecular formula is C9H15NS. The van der Waals surface area contributed by atoms with Crippen molar-refractivity contribution in [2.45, 2.75) is 34.1 Å². The van der Waals surface area contributed by atoms with E-state index in [-0.39, 0.29) is 0 Å². The molecular weight excluding hydrogens is 154 g/mol. The van der Waals surface area contributed by atoms with Crippen molar-refractivity contribution in [3.05, 3.63) is 16.1 Å². The maximum atomic E-state index is 4.40. The van der Waals surface area contributed by atoms with E-state index in [2.05, 4.69) is 32.1 Å².